The molecule has 0 saturated carbocycles. The molecule has 1 heterocycles. The van der Waals surface area contributed by atoms with Gasteiger partial charge in [0.2, 0.25) is 0 Å². The molecule has 0 aliphatic rings. The second kappa shape index (κ2) is 8.24. The van der Waals surface area contributed by atoms with Gasteiger partial charge in [-0.3, -0.25) is 4.79 Å². The molecule has 0 spiro atoms. The summed E-state index contributed by atoms with van der Waals surface area (Å²) in [6.07, 6.45) is 3.11. The Kier molecular flexibility index (Phi) is 6.05. The van der Waals surface area contributed by atoms with Crippen molar-refractivity contribution in [1.82, 2.24) is 19.8 Å². The van der Waals surface area contributed by atoms with Gasteiger partial charge in [-0.05, 0) is 19.7 Å². The maximum Gasteiger partial charge on any atom is 0.274 e. The number of amides is 1. The number of anilines is 1. The van der Waals surface area contributed by atoms with Gasteiger partial charge in [0.15, 0.2) is 0 Å². The molecule has 0 fully saturated rings. The van der Waals surface area contributed by atoms with E-state index in [0.717, 1.165) is 18.7 Å². The van der Waals surface area contributed by atoms with Crippen molar-refractivity contribution >= 4 is 11.7 Å². The first kappa shape index (κ1) is 16.9. The van der Waals surface area contributed by atoms with Crippen molar-refractivity contribution in [1.29, 1.82) is 0 Å². The maximum absolute atomic E-state index is 12.4. The number of rotatable bonds is 7. The molecule has 6 nitrogen and oxygen atoms in total. The Morgan fingerprint density at radius 1 is 1.09 bits per heavy atom. The second-order valence-corrected chi connectivity index (χ2v) is 5.66. The molecule has 6 heteroatoms. The Labute approximate surface area is 137 Å². The second-order valence-electron chi connectivity index (χ2n) is 5.66. The molecular weight excluding hydrogens is 290 g/mol. The number of hydrogen-bond donors (Lipinski definition) is 1. The van der Waals surface area contributed by atoms with Crippen LogP contribution in [-0.2, 0) is 6.54 Å². The van der Waals surface area contributed by atoms with E-state index in [1.54, 1.807) is 18.1 Å². The zero-order chi connectivity index (χ0) is 16.7. The lowest BCUT2D eigenvalue weighted by molar-refractivity contribution is 0.0779. The zero-order valence-electron chi connectivity index (χ0n) is 13.9. The lowest BCUT2D eigenvalue weighted by atomic mass is 10.2. The summed E-state index contributed by atoms with van der Waals surface area (Å²) in [6.45, 7) is 2.23. The highest BCUT2D eigenvalue weighted by molar-refractivity contribution is 5.91. The van der Waals surface area contributed by atoms with E-state index >= 15 is 0 Å². The number of aromatic nitrogens is 2. The molecule has 1 amide bonds. The third-order valence-corrected chi connectivity index (χ3v) is 3.35. The monoisotopic (exact) mass is 313 g/mol. The van der Waals surface area contributed by atoms with Crippen LogP contribution in [-0.4, -0.2) is 59.9 Å². The lowest BCUT2D eigenvalue weighted by Crippen LogP contribution is -2.27. The number of nitrogens with one attached hydrogen (secondary N) is 1. The molecule has 0 bridgehead atoms. The first-order valence-electron chi connectivity index (χ1n) is 7.56. The van der Waals surface area contributed by atoms with Gasteiger partial charge in [0.25, 0.3) is 5.91 Å². The molecule has 23 heavy (non-hydrogen) atoms. The fourth-order valence-corrected chi connectivity index (χ4v) is 2.06. The third-order valence-electron chi connectivity index (χ3n) is 3.35. The summed E-state index contributed by atoms with van der Waals surface area (Å²) in [4.78, 5) is 24.5. The largest absolute Gasteiger partial charge is 0.368 e. The highest BCUT2D eigenvalue weighted by Crippen LogP contribution is 2.07. The Morgan fingerprint density at radius 3 is 2.43 bits per heavy atom. The van der Waals surface area contributed by atoms with Crippen LogP contribution in [0.2, 0.25) is 0 Å². The number of likely N-dealkylation sites (N-methyl/N-ethyl adjacent to an activating group) is 1. The van der Waals surface area contributed by atoms with Crippen LogP contribution < -0.4 is 5.32 Å². The van der Waals surface area contributed by atoms with Crippen molar-refractivity contribution in [3.8, 4) is 0 Å². The van der Waals surface area contributed by atoms with Crippen molar-refractivity contribution in [2.75, 3.05) is 39.5 Å². The van der Waals surface area contributed by atoms with Crippen molar-refractivity contribution in [3.05, 3.63) is 54.0 Å². The van der Waals surface area contributed by atoms with Crippen LogP contribution in [0.15, 0.2) is 42.7 Å². The van der Waals surface area contributed by atoms with Crippen LogP contribution in [0.1, 0.15) is 16.1 Å². The summed E-state index contributed by atoms with van der Waals surface area (Å²) >= 11 is 0. The van der Waals surface area contributed by atoms with Crippen LogP contribution >= 0.6 is 0 Å². The number of hydrogen-bond acceptors (Lipinski definition) is 5. The van der Waals surface area contributed by atoms with Crippen LogP contribution in [0.3, 0.4) is 0 Å². The average molecular weight is 313 g/mol. The molecular formula is C17H23N5O. The van der Waals surface area contributed by atoms with E-state index in [-0.39, 0.29) is 5.91 Å². The molecule has 1 aromatic heterocycles. The van der Waals surface area contributed by atoms with E-state index in [1.807, 2.05) is 44.4 Å². The van der Waals surface area contributed by atoms with Gasteiger partial charge in [0.05, 0.1) is 12.4 Å². The Morgan fingerprint density at radius 2 is 1.83 bits per heavy atom. The average Bonchev–Trinajstić information content (AvgIpc) is 2.55. The summed E-state index contributed by atoms with van der Waals surface area (Å²) in [5.41, 5.74) is 1.43. The summed E-state index contributed by atoms with van der Waals surface area (Å²) in [5, 5.41) is 3.17. The maximum atomic E-state index is 12.4. The molecule has 0 aliphatic carbocycles. The topological polar surface area (TPSA) is 61.4 Å². The summed E-state index contributed by atoms with van der Waals surface area (Å²) in [6, 6.07) is 9.86. The van der Waals surface area contributed by atoms with Crippen molar-refractivity contribution in [2.24, 2.45) is 0 Å². The molecule has 0 unspecified atom stereocenters. The molecule has 1 aromatic carbocycles. The van der Waals surface area contributed by atoms with Gasteiger partial charge in [0.1, 0.15) is 11.5 Å². The summed E-state index contributed by atoms with van der Waals surface area (Å²) in [7, 11) is 5.79. The first-order chi connectivity index (χ1) is 11.1. The van der Waals surface area contributed by atoms with Crippen LogP contribution in [0.25, 0.3) is 0 Å². The summed E-state index contributed by atoms with van der Waals surface area (Å²) < 4.78 is 0. The van der Waals surface area contributed by atoms with E-state index in [4.69, 9.17) is 0 Å². The number of benzene rings is 1. The fraction of sp³-hybridized carbons (Fsp3) is 0.353. The minimum Gasteiger partial charge on any atom is -0.368 e. The van der Waals surface area contributed by atoms with Crippen LogP contribution in [0, 0.1) is 0 Å². The van der Waals surface area contributed by atoms with Gasteiger partial charge in [-0.15, -0.1) is 0 Å². The van der Waals surface area contributed by atoms with Crippen molar-refractivity contribution in [2.45, 2.75) is 6.54 Å². The van der Waals surface area contributed by atoms with Crippen molar-refractivity contribution < 1.29 is 4.79 Å². The molecule has 0 radical (unpaired) electrons. The molecule has 1 N–H and O–H groups in total. The highest BCUT2D eigenvalue weighted by atomic mass is 16.2. The highest BCUT2D eigenvalue weighted by Gasteiger charge is 2.13. The first-order valence-corrected chi connectivity index (χ1v) is 7.56. The van der Waals surface area contributed by atoms with Crippen LogP contribution in [0.5, 0.6) is 0 Å². The van der Waals surface area contributed by atoms with Gasteiger partial charge in [0, 0.05) is 26.7 Å². The number of carbonyl (C=O) groups is 1. The Bertz CT molecular complexity index is 613. The lowest BCUT2D eigenvalue weighted by Gasteiger charge is -2.16. The van der Waals surface area contributed by atoms with E-state index in [2.05, 4.69) is 20.2 Å². The fourth-order valence-electron chi connectivity index (χ4n) is 2.06. The van der Waals surface area contributed by atoms with E-state index < -0.39 is 0 Å². The zero-order valence-corrected chi connectivity index (χ0v) is 13.9. The smallest absolute Gasteiger partial charge is 0.274 e. The number of nitrogens with zero attached hydrogens (tertiary/aromatic N) is 4. The van der Waals surface area contributed by atoms with Gasteiger partial charge in [-0.2, -0.15) is 0 Å². The quantitative estimate of drug-likeness (QED) is 0.843. The van der Waals surface area contributed by atoms with E-state index in [0.29, 0.717) is 18.1 Å². The Hall–Kier alpha value is -2.47. The summed E-state index contributed by atoms with van der Waals surface area (Å²) in [5.74, 6) is 0.537. The molecule has 0 saturated heterocycles. The molecule has 2 rings (SSSR count). The van der Waals surface area contributed by atoms with Gasteiger partial charge in [-0.1, -0.05) is 30.3 Å². The third kappa shape index (κ3) is 5.34. The molecule has 2 aromatic rings. The van der Waals surface area contributed by atoms with E-state index in [1.165, 1.54) is 6.20 Å². The number of carbonyl (C=O) groups excluding carboxylic acids is 1. The Balaban J connectivity index is 1.91. The van der Waals surface area contributed by atoms with Crippen molar-refractivity contribution in [3.63, 3.8) is 0 Å². The van der Waals surface area contributed by atoms with E-state index in [9.17, 15) is 4.79 Å². The predicted molar refractivity (Wildman–Crippen MR) is 91.3 cm³/mol. The normalized spacial score (nSPS) is 10.6. The molecule has 122 valence electrons. The standard InChI is InChI=1S/C17H23N5O/c1-21(2)10-9-18-16-12-19-15(11-20-16)17(23)22(3)13-14-7-5-4-6-8-14/h4-8,11-12H,9-10,13H2,1-3H3,(H,18,20). The molecule has 0 atom stereocenters. The van der Waals surface area contributed by atoms with Crippen LogP contribution in [0.4, 0.5) is 5.82 Å². The SMILES string of the molecule is CN(C)CCNc1cnc(C(=O)N(C)Cc2ccccc2)cn1. The van der Waals surface area contributed by atoms with Gasteiger partial charge < -0.3 is 15.1 Å². The minimum atomic E-state index is -0.138. The van der Waals surface area contributed by atoms with Gasteiger partial charge in [-0.25, -0.2) is 9.97 Å². The van der Waals surface area contributed by atoms with Gasteiger partial charge >= 0.3 is 0 Å². The minimum absolute atomic E-state index is 0.138. The molecule has 0 aliphatic heterocycles. The predicted octanol–water partition coefficient (Wildman–Crippen LogP) is 1.72.